The second-order valence-electron chi connectivity index (χ2n) is 20.2. The molecule has 0 aliphatic heterocycles. The molecule has 0 N–H and O–H groups in total. The standard InChI is InChI=1S/C63H114O6/c1-4-7-10-13-16-19-22-25-28-31-33-35-38-41-44-47-50-53-56-62(65)68-59-60(58-67-61(64)55-52-49-46-43-40-37-34-30-27-24-21-18-15-12-9-6-3)69-63(66)57-54-51-48-45-42-39-36-32-29-26-23-20-17-14-11-8-5-2/h9,12,18,21,27,30,37,40,60H,4-8,10-11,13-17,19-20,22-26,28-29,31-36,38-39,41-59H2,1-3H3/b12-9-,21-18-,30-27-,40-37-. The molecule has 0 aliphatic carbocycles. The van der Waals surface area contributed by atoms with Crippen molar-refractivity contribution < 1.29 is 28.6 Å². The number of carbonyl (C=O) groups excluding carboxylic acids is 3. The molecule has 0 radical (unpaired) electrons. The lowest BCUT2D eigenvalue weighted by molar-refractivity contribution is -0.167. The highest BCUT2D eigenvalue weighted by molar-refractivity contribution is 5.71. The number of hydrogen-bond acceptors (Lipinski definition) is 6. The number of allylic oxidation sites excluding steroid dienone is 8. The molecule has 1 unspecified atom stereocenters. The molecular weight excluding hydrogens is 853 g/mol. The molecular formula is C63H114O6. The van der Waals surface area contributed by atoms with Crippen LogP contribution in [0.5, 0.6) is 0 Å². The molecule has 0 saturated carbocycles. The van der Waals surface area contributed by atoms with Crippen molar-refractivity contribution in [3.05, 3.63) is 48.6 Å². The average Bonchev–Trinajstić information content (AvgIpc) is 3.35. The number of unbranched alkanes of at least 4 members (excludes halogenated alkanes) is 36. The SMILES string of the molecule is CC/C=C\C/C=C\C/C=C\C/C=C\CCCCCC(=O)OCC(COC(=O)CCCCCCCCCCCCCCCCCCCC)OC(=O)CCCCCCCCCCCCCCCCCCC. The molecule has 0 aromatic carbocycles. The van der Waals surface area contributed by atoms with Crippen LogP contribution in [0.15, 0.2) is 48.6 Å². The second kappa shape index (κ2) is 57.9. The van der Waals surface area contributed by atoms with Gasteiger partial charge in [-0.1, -0.05) is 288 Å². The zero-order chi connectivity index (χ0) is 50.0. The minimum Gasteiger partial charge on any atom is -0.462 e. The Morgan fingerprint density at radius 1 is 0.304 bits per heavy atom. The zero-order valence-corrected chi connectivity index (χ0v) is 46.1. The molecule has 1 atom stereocenters. The first-order chi connectivity index (χ1) is 34.0. The maximum Gasteiger partial charge on any atom is 0.306 e. The Hall–Kier alpha value is -2.63. The van der Waals surface area contributed by atoms with Crippen molar-refractivity contribution in [3.8, 4) is 0 Å². The van der Waals surface area contributed by atoms with Gasteiger partial charge in [0.1, 0.15) is 13.2 Å². The number of carbonyl (C=O) groups is 3. The Morgan fingerprint density at radius 2 is 0.565 bits per heavy atom. The van der Waals surface area contributed by atoms with Crippen LogP contribution >= 0.6 is 0 Å². The van der Waals surface area contributed by atoms with Gasteiger partial charge < -0.3 is 14.2 Å². The van der Waals surface area contributed by atoms with Gasteiger partial charge >= 0.3 is 17.9 Å². The van der Waals surface area contributed by atoms with Gasteiger partial charge in [-0.25, -0.2) is 0 Å². The predicted octanol–water partition coefficient (Wildman–Crippen LogP) is 20.2. The maximum absolute atomic E-state index is 12.9. The van der Waals surface area contributed by atoms with E-state index in [9.17, 15) is 14.4 Å². The highest BCUT2D eigenvalue weighted by atomic mass is 16.6. The number of esters is 3. The van der Waals surface area contributed by atoms with Crippen LogP contribution in [-0.4, -0.2) is 37.2 Å². The van der Waals surface area contributed by atoms with Crippen LogP contribution in [0.25, 0.3) is 0 Å². The Labute approximate surface area is 428 Å². The van der Waals surface area contributed by atoms with Gasteiger partial charge in [-0.2, -0.15) is 0 Å². The van der Waals surface area contributed by atoms with E-state index in [2.05, 4.69) is 69.4 Å². The minimum atomic E-state index is -0.783. The second-order valence-corrected chi connectivity index (χ2v) is 20.2. The van der Waals surface area contributed by atoms with E-state index in [1.54, 1.807) is 0 Å². The van der Waals surface area contributed by atoms with Crippen LogP contribution in [0.4, 0.5) is 0 Å². The molecule has 0 bridgehead atoms. The summed E-state index contributed by atoms with van der Waals surface area (Å²) in [5.74, 6) is -0.891. The first-order valence-electron chi connectivity index (χ1n) is 30.1. The molecule has 0 aromatic heterocycles. The van der Waals surface area contributed by atoms with Crippen LogP contribution in [0, 0.1) is 0 Å². The van der Waals surface area contributed by atoms with Crippen molar-refractivity contribution in [1.29, 1.82) is 0 Å². The molecule has 0 spiro atoms. The van der Waals surface area contributed by atoms with Gasteiger partial charge in [0, 0.05) is 19.3 Å². The van der Waals surface area contributed by atoms with Crippen LogP contribution in [0.3, 0.4) is 0 Å². The number of hydrogen-bond donors (Lipinski definition) is 0. The van der Waals surface area contributed by atoms with Gasteiger partial charge in [0.25, 0.3) is 0 Å². The fourth-order valence-corrected chi connectivity index (χ4v) is 8.85. The minimum absolute atomic E-state index is 0.0786. The predicted molar refractivity (Wildman–Crippen MR) is 298 cm³/mol. The Morgan fingerprint density at radius 3 is 0.884 bits per heavy atom. The number of rotatable bonds is 55. The van der Waals surface area contributed by atoms with Gasteiger partial charge in [-0.05, 0) is 57.8 Å². The van der Waals surface area contributed by atoms with Gasteiger partial charge in [-0.15, -0.1) is 0 Å². The van der Waals surface area contributed by atoms with Gasteiger partial charge in [-0.3, -0.25) is 14.4 Å². The van der Waals surface area contributed by atoms with Crippen molar-refractivity contribution in [1.82, 2.24) is 0 Å². The third-order valence-electron chi connectivity index (χ3n) is 13.3. The molecule has 0 amide bonds. The molecule has 0 aromatic rings. The molecule has 0 heterocycles. The van der Waals surface area contributed by atoms with Crippen LogP contribution in [0.2, 0.25) is 0 Å². The molecule has 0 rings (SSSR count). The Bertz CT molecular complexity index is 1200. The Kier molecular flexibility index (Phi) is 55.7. The fourth-order valence-electron chi connectivity index (χ4n) is 8.85. The van der Waals surface area contributed by atoms with E-state index in [1.165, 1.54) is 186 Å². The normalized spacial score (nSPS) is 12.3. The lowest BCUT2D eigenvalue weighted by atomic mass is 10.0. The van der Waals surface area contributed by atoms with E-state index in [0.29, 0.717) is 19.3 Å². The van der Waals surface area contributed by atoms with E-state index < -0.39 is 6.10 Å². The average molecular weight is 968 g/mol. The molecule has 0 fully saturated rings. The quantitative estimate of drug-likeness (QED) is 0.0262. The summed E-state index contributed by atoms with van der Waals surface area (Å²) in [5.41, 5.74) is 0. The third kappa shape index (κ3) is 56.2. The molecule has 69 heavy (non-hydrogen) atoms. The van der Waals surface area contributed by atoms with Crippen molar-refractivity contribution in [2.24, 2.45) is 0 Å². The third-order valence-corrected chi connectivity index (χ3v) is 13.3. The zero-order valence-electron chi connectivity index (χ0n) is 46.1. The van der Waals surface area contributed by atoms with E-state index in [1.807, 2.05) is 0 Å². The summed E-state index contributed by atoms with van der Waals surface area (Å²) < 4.78 is 16.9. The summed E-state index contributed by atoms with van der Waals surface area (Å²) in [4.78, 5) is 38.2. The molecule has 402 valence electrons. The molecule has 6 nitrogen and oxygen atoms in total. The molecule has 0 saturated heterocycles. The van der Waals surface area contributed by atoms with E-state index in [4.69, 9.17) is 14.2 Å². The summed E-state index contributed by atoms with van der Waals surface area (Å²) in [7, 11) is 0. The smallest absolute Gasteiger partial charge is 0.306 e. The van der Waals surface area contributed by atoms with E-state index in [-0.39, 0.29) is 31.1 Å². The fraction of sp³-hybridized carbons (Fsp3) is 0.825. The van der Waals surface area contributed by atoms with Crippen molar-refractivity contribution >= 4 is 17.9 Å². The molecule has 0 aliphatic rings. The first kappa shape index (κ1) is 66.4. The molecule has 6 heteroatoms. The van der Waals surface area contributed by atoms with Gasteiger partial charge in [0.05, 0.1) is 0 Å². The largest absolute Gasteiger partial charge is 0.462 e. The number of ether oxygens (including phenoxy) is 3. The van der Waals surface area contributed by atoms with Crippen molar-refractivity contribution in [3.63, 3.8) is 0 Å². The van der Waals surface area contributed by atoms with Gasteiger partial charge in [0.15, 0.2) is 6.10 Å². The summed E-state index contributed by atoms with van der Waals surface area (Å²) in [6.45, 7) is 6.55. The Balaban J connectivity index is 4.37. The topological polar surface area (TPSA) is 78.9 Å². The van der Waals surface area contributed by atoms with Crippen LogP contribution < -0.4 is 0 Å². The van der Waals surface area contributed by atoms with E-state index >= 15 is 0 Å². The lowest BCUT2D eigenvalue weighted by Crippen LogP contribution is -2.30. The van der Waals surface area contributed by atoms with Crippen molar-refractivity contribution in [2.45, 2.75) is 322 Å². The first-order valence-corrected chi connectivity index (χ1v) is 30.1. The van der Waals surface area contributed by atoms with Crippen LogP contribution in [-0.2, 0) is 28.6 Å². The highest BCUT2D eigenvalue weighted by Gasteiger charge is 2.19. The summed E-state index contributed by atoms with van der Waals surface area (Å²) >= 11 is 0. The summed E-state index contributed by atoms with van der Waals surface area (Å²) in [6.07, 6.45) is 71.1. The lowest BCUT2D eigenvalue weighted by Gasteiger charge is -2.18. The van der Waals surface area contributed by atoms with Crippen molar-refractivity contribution in [2.75, 3.05) is 13.2 Å². The van der Waals surface area contributed by atoms with E-state index in [0.717, 1.165) is 89.9 Å². The monoisotopic (exact) mass is 967 g/mol. The van der Waals surface area contributed by atoms with Gasteiger partial charge in [0.2, 0.25) is 0 Å². The highest BCUT2D eigenvalue weighted by Crippen LogP contribution is 2.17. The maximum atomic E-state index is 12.9. The summed E-state index contributed by atoms with van der Waals surface area (Å²) in [5, 5.41) is 0. The summed E-state index contributed by atoms with van der Waals surface area (Å²) in [6, 6.07) is 0. The van der Waals surface area contributed by atoms with Crippen LogP contribution in [0.1, 0.15) is 316 Å².